The highest BCUT2D eigenvalue weighted by molar-refractivity contribution is 6.04. The van der Waals surface area contributed by atoms with Gasteiger partial charge in [0, 0.05) is 19.6 Å². The number of nitrogens with one attached hydrogen (secondary N) is 2. The largest absolute Gasteiger partial charge is 0.356 e. The summed E-state index contributed by atoms with van der Waals surface area (Å²) in [5.74, 6) is 0.116. The molecular formula is C13H17N3O. The molecule has 2 aliphatic rings. The zero-order chi connectivity index (χ0) is 11.8. The molecule has 1 aromatic carbocycles. The van der Waals surface area contributed by atoms with Crippen molar-refractivity contribution < 1.29 is 4.79 Å². The van der Waals surface area contributed by atoms with Crippen molar-refractivity contribution in [1.29, 1.82) is 0 Å². The van der Waals surface area contributed by atoms with Crippen molar-refractivity contribution >= 4 is 17.3 Å². The van der Waals surface area contributed by atoms with Gasteiger partial charge in [-0.2, -0.15) is 0 Å². The average Bonchev–Trinajstić information content (AvgIpc) is 2.39. The summed E-state index contributed by atoms with van der Waals surface area (Å²) in [7, 11) is 0. The third-order valence-corrected chi connectivity index (χ3v) is 3.61. The number of fused-ring (bicyclic) bond motifs is 3. The maximum absolute atomic E-state index is 12.1. The van der Waals surface area contributed by atoms with Crippen molar-refractivity contribution in [2.75, 3.05) is 29.9 Å². The summed E-state index contributed by atoms with van der Waals surface area (Å²) in [5, 5.41) is 6.33. The molecule has 0 saturated carbocycles. The topological polar surface area (TPSA) is 44.4 Å². The second-order valence-corrected chi connectivity index (χ2v) is 4.57. The highest BCUT2D eigenvalue weighted by atomic mass is 16.2. The molecule has 1 aromatic rings. The normalized spacial score (nSPS) is 22.8. The first-order chi connectivity index (χ1) is 8.31. The van der Waals surface area contributed by atoms with E-state index in [1.165, 1.54) is 11.3 Å². The fourth-order valence-electron chi connectivity index (χ4n) is 2.70. The van der Waals surface area contributed by atoms with Crippen LogP contribution in [-0.2, 0) is 11.2 Å². The maximum Gasteiger partial charge on any atom is 0.248 e. The number of hydrogen-bond acceptors (Lipinski definition) is 3. The number of aryl methyl sites for hydroxylation is 1. The molecule has 1 amide bonds. The van der Waals surface area contributed by atoms with E-state index in [1.54, 1.807) is 0 Å². The van der Waals surface area contributed by atoms with Gasteiger partial charge in [-0.25, -0.2) is 0 Å². The minimum Gasteiger partial charge on any atom is -0.356 e. The third-order valence-electron chi connectivity index (χ3n) is 3.61. The lowest BCUT2D eigenvalue weighted by atomic mass is 10.0. The molecule has 4 nitrogen and oxygen atoms in total. The molecular weight excluding hydrogens is 214 g/mol. The minimum absolute atomic E-state index is 0.0524. The number of carbonyl (C=O) groups excluding carboxylic acids is 1. The van der Waals surface area contributed by atoms with Crippen LogP contribution in [0.2, 0.25) is 0 Å². The molecule has 0 spiro atoms. The summed E-state index contributed by atoms with van der Waals surface area (Å²) in [6, 6.07) is 6.21. The number of anilines is 2. The number of nitrogens with zero attached hydrogens (tertiary/aromatic N) is 1. The minimum atomic E-state index is -0.0524. The maximum atomic E-state index is 12.1. The molecule has 0 bridgehead atoms. The zero-order valence-electron chi connectivity index (χ0n) is 9.99. The van der Waals surface area contributed by atoms with Gasteiger partial charge in [0.2, 0.25) is 5.91 Å². The van der Waals surface area contributed by atoms with Crippen LogP contribution in [0.1, 0.15) is 12.5 Å². The molecule has 1 unspecified atom stereocenters. The van der Waals surface area contributed by atoms with E-state index in [1.807, 2.05) is 0 Å². The van der Waals surface area contributed by atoms with Crippen molar-refractivity contribution in [2.24, 2.45) is 0 Å². The van der Waals surface area contributed by atoms with E-state index in [4.69, 9.17) is 0 Å². The Morgan fingerprint density at radius 2 is 2.35 bits per heavy atom. The molecule has 0 aliphatic carbocycles. The summed E-state index contributed by atoms with van der Waals surface area (Å²) in [6.45, 7) is 4.70. The highest BCUT2D eigenvalue weighted by Gasteiger charge is 2.35. The summed E-state index contributed by atoms with van der Waals surface area (Å²) < 4.78 is 0. The first-order valence-corrected chi connectivity index (χ1v) is 6.21. The Bertz CT molecular complexity index is 458. The monoisotopic (exact) mass is 231 g/mol. The second-order valence-electron chi connectivity index (χ2n) is 4.57. The van der Waals surface area contributed by atoms with Gasteiger partial charge in [-0.3, -0.25) is 4.79 Å². The molecule has 2 N–H and O–H groups in total. The first-order valence-electron chi connectivity index (χ1n) is 6.21. The summed E-state index contributed by atoms with van der Waals surface area (Å²) >= 11 is 0. The van der Waals surface area contributed by atoms with Crippen molar-refractivity contribution in [3.63, 3.8) is 0 Å². The van der Waals surface area contributed by atoms with Gasteiger partial charge in [-0.1, -0.05) is 19.1 Å². The lowest BCUT2D eigenvalue weighted by molar-refractivity contribution is -0.117. The average molecular weight is 231 g/mol. The van der Waals surface area contributed by atoms with E-state index in [2.05, 4.69) is 40.7 Å². The van der Waals surface area contributed by atoms with Crippen LogP contribution in [0.25, 0.3) is 0 Å². The van der Waals surface area contributed by atoms with E-state index in [0.29, 0.717) is 0 Å². The van der Waals surface area contributed by atoms with Crippen LogP contribution in [0, 0.1) is 0 Å². The zero-order valence-corrected chi connectivity index (χ0v) is 9.99. The standard InChI is InChI=1S/C13H17N3O/c1-2-9-4-3-5-10-12(9)15-13(17)11-8-14-6-7-16(10)11/h3-5,11,14H,2,6-8H2,1H3,(H,15,17). The van der Waals surface area contributed by atoms with Crippen molar-refractivity contribution in [2.45, 2.75) is 19.4 Å². The van der Waals surface area contributed by atoms with Crippen LogP contribution in [-0.4, -0.2) is 31.6 Å². The summed E-state index contributed by atoms with van der Waals surface area (Å²) in [4.78, 5) is 14.3. The van der Waals surface area contributed by atoms with Gasteiger partial charge in [0.15, 0.2) is 0 Å². The smallest absolute Gasteiger partial charge is 0.248 e. The van der Waals surface area contributed by atoms with Crippen LogP contribution >= 0.6 is 0 Å². The van der Waals surface area contributed by atoms with Gasteiger partial charge in [0.1, 0.15) is 6.04 Å². The van der Waals surface area contributed by atoms with E-state index < -0.39 is 0 Å². The molecule has 0 radical (unpaired) electrons. The summed E-state index contributed by atoms with van der Waals surface area (Å²) in [6.07, 6.45) is 0.945. The van der Waals surface area contributed by atoms with Crippen LogP contribution in [0.5, 0.6) is 0 Å². The Hall–Kier alpha value is -1.55. The van der Waals surface area contributed by atoms with Crippen LogP contribution in [0.15, 0.2) is 18.2 Å². The SMILES string of the molecule is CCc1cccc2c1NC(=O)C1CNCCN21. The van der Waals surface area contributed by atoms with E-state index in [-0.39, 0.29) is 11.9 Å². The van der Waals surface area contributed by atoms with Crippen molar-refractivity contribution in [1.82, 2.24) is 5.32 Å². The van der Waals surface area contributed by atoms with Gasteiger partial charge in [-0.15, -0.1) is 0 Å². The first kappa shape index (κ1) is 10.6. The van der Waals surface area contributed by atoms with E-state index in [9.17, 15) is 4.79 Å². The Kier molecular flexibility index (Phi) is 2.52. The molecule has 1 atom stereocenters. The lowest BCUT2D eigenvalue weighted by Gasteiger charge is -2.41. The molecule has 2 heterocycles. The lowest BCUT2D eigenvalue weighted by Crippen LogP contribution is -2.59. The number of para-hydroxylation sites is 1. The van der Waals surface area contributed by atoms with Gasteiger partial charge < -0.3 is 15.5 Å². The fraction of sp³-hybridized carbons (Fsp3) is 0.462. The number of hydrogen-bond donors (Lipinski definition) is 2. The van der Waals surface area contributed by atoms with Gasteiger partial charge in [-0.05, 0) is 18.1 Å². The molecule has 1 fully saturated rings. The molecule has 1 saturated heterocycles. The summed E-state index contributed by atoms with van der Waals surface area (Å²) in [5.41, 5.74) is 3.40. The Morgan fingerprint density at radius 1 is 1.47 bits per heavy atom. The Labute approximate surface area is 101 Å². The number of carbonyl (C=O) groups is 1. The highest BCUT2D eigenvalue weighted by Crippen LogP contribution is 2.35. The number of amides is 1. The third kappa shape index (κ3) is 1.60. The Balaban J connectivity index is 2.08. The van der Waals surface area contributed by atoms with Gasteiger partial charge in [0.05, 0.1) is 11.4 Å². The molecule has 3 rings (SSSR count). The molecule has 2 aliphatic heterocycles. The molecule has 90 valence electrons. The second kappa shape index (κ2) is 4.04. The predicted molar refractivity (Wildman–Crippen MR) is 68.5 cm³/mol. The quantitative estimate of drug-likeness (QED) is 0.757. The van der Waals surface area contributed by atoms with Crippen molar-refractivity contribution in [3.8, 4) is 0 Å². The van der Waals surface area contributed by atoms with Gasteiger partial charge >= 0.3 is 0 Å². The van der Waals surface area contributed by atoms with E-state index in [0.717, 1.165) is 31.7 Å². The molecule has 17 heavy (non-hydrogen) atoms. The number of piperazine rings is 1. The van der Waals surface area contributed by atoms with Crippen LogP contribution in [0.3, 0.4) is 0 Å². The fourth-order valence-corrected chi connectivity index (χ4v) is 2.70. The number of benzene rings is 1. The molecule has 4 heteroatoms. The molecule has 0 aromatic heterocycles. The van der Waals surface area contributed by atoms with Gasteiger partial charge in [0.25, 0.3) is 0 Å². The van der Waals surface area contributed by atoms with Crippen molar-refractivity contribution in [3.05, 3.63) is 23.8 Å². The van der Waals surface area contributed by atoms with E-state index >= 15 is 0 Å². The van der Waals surface area contributed by atoms with Crippen LogP contribution < -0.4 is 15.5 Å². The Morgan fingerprint density at radius 3 is 3.18 bits per heavy atom. The predicted octanol–water partition coefficient (Wildman–Crippen LogP) is 0.979. The number of rotatable bonds is 1. The van der Waals surface area contributed by atoms with Crippen LogP contribution in [0.4, 0.5) is 11.4 Å².